The van der Waals surface area contributed by atoms with E-state index >= 15 is 0 Å². The van der Waals surface area contributed by atoms with Crippen molar-refractivity contribution < 1.29 is 18.6 Å². The first-order valence-corrected chi connectivity index (χ1v) is 5.65. The second-order valence-electron chi connectivity index (χ2n) is 4.29. The van der Waals surface area contributed by atoms with E-state index in [0.29, 0.717) is 0 Å². The molecule has 2 aromatic rings. The number of halogens is 2. The number of ether oxygens (including phenoxy) is 1. The fourth-order valence-electron chi connectivity index (χ4n) is 2.15. The number of hydrogen-bond donors (Lipinski definition) is 2. The summed E-state index contributed by atoms with van der Waals surface area (Å²) in [6.07, 6.45) is -1.93. The first-order valence-electron chi connectivity index (χ1n) is 5.65. The summed E-state index contributed by atoms with van der Waals surface area (Å²) >= 11 is 0. The van der Waals surface area contributed by atoms with E-state index in [2.05, 4.69) is 15.0 Å². The van der Waals surface area contributed by atoms with Crippen molar-refractivity contribution in [1.82, 2.24) is 19.5 Å². The number of alkyl halides is 1. The maximum Gasteiger partial charge on any atom is 0.312 e. The lowest BCUT2D eigenvalue weighted by atomic mass is 10.2. The van der Waals surface area contributed by atoms with E-state index in [1.54, 1.807) is 0 Å². The van der Waals surface area contributed by atoms with Gasteiger partial charge in [0.1, 0.15) is 19.0 Å². The number of anilines is 1. The van der Waals surface area contributed by atoms with E-state index in [-0.39, 0.29) is 23.4 Å². The van der Waals surface area contributed by atoms with Gasteiger partial charge >= 0.3 is 6.08 Å². The standard InChI is InChI=1S/C10H11F2N5O2/c11-2-5-4(18)1-6(19-5)17-3-14-7-8(13)15-10(12)16-9(7)17/h3-6,18H,1-2H2,(H2,13,15,16). The summed E-state index contributed by atoms with van der Waals surface area (Å²) < 4.78 is 32.5. The third-order valence-electron chi connectivity index (χ3n) is 3.09. The Morgan fingerprint density at radius 3 is 3.00 bits per heavy atom. The summed E-state index contributed by atoms with van der Waals surface area (Å²) in [7, 11) is 0. The quantitative estimate of drug-likeness (QED) is 0.755. The molecule has 3 heterocycles. The number of imidazole rings is 1. The van der Waals surface area contributed by atoms with Crippen LogP contribution in [-0.2, 0) is 4.74 Å². The molecule has 1 aliphatic rings. The molecule has 102 valence electrons. The molecule has 0 amide bonds. The molecule has 1 aliphatic heterocycles. The molecule has 2 aromatic heterocycles. The summed E-state index contributed by atoms with van der Waals surface area (Å²) in [4.78, 5) is 10.9. The van der Waals surface area contributed by atoms with Crippen LogP contribution in [-0.4, -0.2) is 43.5 Å². The van der Waals surface area contributed by atoms with E-state index in [1.807, 2.05) is 0 Å². The molecule has 0 saturated carbocycles. The zero-order valence-corrected chi connectivity index (χ0v) is 9.70. The SMILES string of the molecule is Nc1nc(F)nc2c1ncn2C1CC(O)C(CF)O1. The number of fused-ring (bicyclic) bond motifs is 1. The van der Waals surface area contributed by atoms with Gasteiger partial charge in [-0.25, -0.2) is 9.37 Å². The van der Waals surface area contributed by atoms with Gasteiger partial charge in [0.2, 0.25) is 0 Å². The lowest BCUT2D eigenvalue weighted by Gasteiger charge is -2.13. The zero-order valence-electron chi connectivity index (χ0n) is 9.70. The molecular weight excluding hydrogens is 260 g/mol. The van der Waals surface area contributed by atoms with Crippen LogP contribution in [0.2, 0.25) is 0 Å². The number of nitrogen functional groups attached to an aromatic ring is 1. The topological polar surface area (TPSA) is 99.1 Å². The maximum atomic E-state index is 13.2. The van der Waals surface area contributed by atoms with Gasteiger partial charge in [-0.15, -0.1) is 0 Å². The molecule has 7 nitrogen and oxygen atoms in total. The van der Waals surface area contributed by atoms with E-state index in [9.17, 15) is 13.9 Å². The average Bonchev–Trinajstić information content (AvgIpc) is 2.92. The van der Waals surface area contributed by atoms with Crippen molar-refractivity contribution in [3.8, 4) is 0 Å². The van der Waals surface area contributed by atoms with Crippen LogP contribution >= 0.6 is 0 Å². The Hall–Kier alpha value is -1.87. The van der Waals surface area contributed by atoms with E-state index in [4.69, 9.17) is 10.5 Å². The lowest BCUT2D eigenvalue weighted by Crippen LogP contribution is -2.22. The van der Waals surface area contributed by atoms with Crippen LogP contribution in [0, 0.1) is 6.08 Å². The minimum Gasteiger partial charge on any atom is -0.390 e. The molecule has 0 spiro atoms. The second-order valence-corrected chi connectivity index (χ2v) is 4.29. The molecule has 0 aromatic carbocycles. The van der Waals surface area contributed by atoms with Crippen LogP contribution in [0.25, 0.3) is 11.2 Å². The molecule has 1 saturated heterocycles. The Morgan fingerprint density at radius 2 is 2.32 bits per heavy atom. The molecule has 3 rings (SSSR count). The van der Waals surface area contributed by atoms with Crippen LogP contribution in [0.3, 0.4) is 0 Å². The highest BCUT2D eigenvalue weighted by Crippen LogP contribution is 2.31. The molecular formula is C10H11F2N5O2. The van der Waals surface area contributed by atoms with Crippen molar-refractivity contribution in [3.63, 3.8) is 0 Å². The Balaban J connectivity index is 2.02. The van der Waals surface area contributed by atoms with Gasteiger partial charge in [0, 0.05) is 6.42 Å². The van der Waals surface area contributed by atoms with Crippen LogP contribution in [0.5, 0.6) is 0 Å². The summed E-state index contributed by atoms with van der Waals surface area (Å²) in [5, 5.41) is 9.61. The van der Waals surface area contributed by atoms with E-state index in [1.165, 1.54) is 10.9 Å². The molecule has 3 N–H and O–H groups in total. The first kappa shape index (κ1) is 12.2. The molecule has 19 heavy (non-hydrogen) atoms. The van der Waals surface area contributed by atoms with Gasteiger partial charge in [0.05, 0.1) is 12.4 Å². The van der Waals surface area contributed by atoms with Crippen LogP contribution in [0.4, 0.5) is 14.6 Å². The van der Waals surface area contributed by atoms with Crippen molar-refractivity contribution in [2.45, 2.75) is 24.9 Å². The van der Waals surface area contributed by atoms with Gasteiger partial charge in [-0.2, -0.15) is 14.4 Å². The highest BCUT2D eigenvalue weighted by molar-refractivity contribution is 5.81. The fourth-order valence-corrected chi connectivity index (χ4v) is 2.15. The third-order valence-corrected chi connectivity index (χ3v) is 3.09. The number of rotatable bonds is 2. The minimum absolute atomic E-state index is 0.0816. The Morgan fingerprint density at radius 1 is 1.53 bits per heavy atom. The molecule has 0 radical (unpaired) electrons. The molecule has 1 fully saturated rings. The highest BCUT2D eigenvalue weighted by Gasteiger charge is 2.35. The van der Waals surface area contributed by atoms with Crippen molar-refractivity contribution >= 4 is 17.0 Å². The van der Waals surface area contributed by atoms with Gasteiger partial charge < -0.3 is 15.6 Å². The molecule has 0 aliphatic carbocycles. The van der Waals surface area contributed by atoms with Crippen LogP contribution in [0.15, 0.2) is 6.33 Å². The molecule has 9 heteroatoms. The van der Waals surface area contributed by atoms with Crippen molar-refractivity contribution in [2.75, 3.05) is 12.4 Å². The number of aliphatic hydroxyl groups excluding tert-OH is 1. The number of aromatic nitrogens is 4. The van der Waals surface area contributed by atoms with Gasteiger partial charge in [-0.05, 0) is 0 Å². The Labute approximate surface area is 106 Å². The molecule has 3 atom stereocenters. The molecule has 3 unspecified atom stereocenters. The normalized spacial score (nSPS) is 27.2. The Kier molecular flexibility index (Phi) is 2.79. The lowest BCUT2D eigenvalue weighted by molar-refractivity contribution is -0.0280. The van der Waals surface area contributed by atoms with Gasteiger partial charge in [0.15, 0.2) is 17.0 Å². The minimum atomic E-state index is -0.979. The maximum absolute atomic E-state index is 13.2. The van der Waals surface area contributed by atoms with Crippen molar-refractivity contribution in [2.24, 2.45) is 0 Å². The predicted molar refractivity (Wildman–Crippen MR) is 60.2 cm³/mol. The summed E-state index contributed by atoms with van der Waals surface area (Å²) in [5.74, 6) is -0.0816. The van der Waals surface area contributed by atoms with Gasteiger partial charge in [-0.1, -0.05) is 0 Å². The number of nitrogens with two attached hydrogens (primary N) is 1. The Bertz CT molecular complexity index is 619. The average molecular weight is 271 g/mol. The summed E-state index contributed by atoms with van der Waals surface area (Å²) in [6, 6.07) is 0. The third kappa shape index (κ3) is 1.90. The largest absolute Gasteiger partial charge is 0.390 e. The van der Waals surface area contributed by atoms with Crippen molar-refractivity contribution in [3.05, 3.63) is 12.4 Å². The van der Waals surface area contributed by atoms with Crippen molar-refractivity contribution in [1.29, 1.82) is 0 Å². The predicted octanol–water partition coefficient (Wildman–Crippen LogP) is 0.166. The zero-order chi connectivity index (χ0) is 13.6. The number of hydrogen-bond acceptors (Lipinski definition) is 6. The monoisotopic (exact) mass is 271 g/mol. The molecule has 0 bridgehead atoms. The van der Waals surface area contributed by atoms with Crippen LogP contribution < -0.4 is 5.73 Å². The first-order chi connectivity index (χ1) is 9.10. The number of nitrogens with zero attached hydrogens (tertiary/aromatic N) is 4. The smallest absolute Gasteiger partial charge is 0.312 e. The van der Waals surface area contributed by atoms with Gasteiger partial charge in [-0.3, -0.25) is 4.57 Å². The fraction of sp³-hybridized carbons (Fsp3) is 0.500. The second kappa shape index (κ2) is 4.35. The van der Waals surface area contributed by atoms with Gasteiger partial charge in [0.25, 0.3) is 0 Å². The summed E-state index contributed by atoms with van der Waals surface area (Å²) in [5.41, 5.74) is 5.93. The van der Waals surface area contributed by atoms with Crippen LogP contribution in [0.1, 0.15) is 12.6 Å². The van der Waals surface area contributed by atoms with E-state index in [0.717, 1.165) is 0 Å². The highest BCUT2D eigenvalue weighted by atomic mass is 19.1. The number of aliphatic hydroxyl groups is 1. The summed E-state index contributed by atoms with van der Waals surface area (Å²) in [6.45, 7) is -0.796. The van der Waals surface area contributed by atoms with E-state index < -0.39 is 31.2 Å².